The van der Waals surface area contributed by atoms with Gasteiger partial charge in [0.2, 0.25) is 5.91 Å². The molecule has 1 aromatic heterocycles. The van der Waals surface area contributed by atoms with E-state index in [2.05, 4.69) is 15.5 Å². The Hall–Kier alpha value is -2.67. The van der Waals surface area contributed by atoms with Gasteiger partial charge >= 0.3 is 0 Å². The number of carbonyl (C=O) groups excluding carboxylic acids is 1. The predicted molar refractivity (Wildman–Crippen MR) is 104 cm³/mol. The van der Waals surface area contributed by atoms with Gasteiger partial charge in [-0.15, -0.1) is 5.10 Å². The van der Waals surface area contributed by atoms with Crippen LogP contribution in [0.5, 0.6) is 0 Å². The Balaban J connectivity index is 1.52. The molecular weight excluding hydrogens is 346 g/mol. The zero-order valence-electron chi connectivity index (χ0n) is 14.7. The molecule has 0 aliphatic carbocycles. The molecular formula is C19H21N5OS. The van der Waals surface area contributed by atoms with Gasteiger partial charge in [0.15, 0.2) is 5.82 Å². The summed E-state index contributed by atoms with van der Waals surface area (Å²) in [6.45, 7) is 2.66. The van der Waals surface area contributed by atoms with Crippen molar-refractivity contribution >= 4 is 23.4 Å². The Morgan fingerprint density at radius 1 is 1.08 bits per heavy atom. The molecule has 0 aliphatic heterocycles. The normalized spacial score (nSPS) is 10.7. The minimum absolute atomic E-state index is 0.133. The van der Waals surface area contributed by atoms with E-state index < -0.39 is 0 Å². The minimum atomic E-state index is 0.133. The Kier molecular flexibility index (Phi) is 6.38. The Labute approximate surface area is 157 Å². The van der Waals surface area contributed by atoms with Crippen molar-refractivity contribution in [2.45, 2.75) is 19.1 Å². The van der Waals surface area contributed by atoms with E-state index in [0.717, 1.165) is 23.0 Å². The lowest BCUT2D eigenvalue weighted by Gasteiger charge is -2.20. The van der Waals surface area contributed by atoms with Crippen molar-refractivity contribution in [2.75, 3.05) is 17.2 Å². The van der Waals surface area contributed by atoms with Gasteiger partial charge in [-0.2, -0.15) is 16.4 Å². The number of hydrogen-bond acceptors (Lipinski definition) is 5. The monoisotopic (exact) mass is 367 g/mol. The Morgan fingerprint density at radius 3 is 2.46 bits per heavy atom. The van der Waals surface area contributed by atoms with Crippen LogP contribution in [0.1, 0.15) is 19.2 Å². The van der Waals surface area contributed by atoms with Crippen LogP contribution in [0.2, 0.25) is 0 Å². The van der Waals surface area contributed by atoms with Crippen LogP contribution < -0.4 is 4.90 Å². The van der Waals surface area contributed by atoms with Gasteiger partial charge in [-0.25, -0.2) is 0 Å². The molecule has 0 radical (unpaired) electrons. The minimum Gasteiger partial charge on any atom is -0.313 e. The van der Waals surface area contributed by atoms with Gasteiger partial charge in [0.25, 0.3) is 0 Å². The standard InChI is InChI=1S/C19H21N5OS/c1-2-23(16-9-5-3-6-10-16)19(25)13-14-26-15-18-20-21-22-24(18)17-11-7-4-8-12-17/h3-12H,2,13-15H2,1H3. The molecule has 0 bridgehead atoms. The fourth-order valence-electron chi connectivity index (χ4n) is 2.63. The van der Waals surface area contributed by atoms with Crippen LogP contribution in [0.3, 0.4) is 0 Å². The van der Waals surface area contributed by atoms with Crippen LogP contribution in [-0.2, 0) is 10.5 Å². The number of aromatic nitrogens is 4. The second-order valence-corrected chi connectivity index (χ2v) is 6.72. The van der Waals surface area contributed by atoms with Crippen molar-refractivity contribution in [1.29, 1.82) is 0 Å². The largest absolute Gasteiger partial charge is 0.313 e. The lowest BCUT2D eigenvalue weighted by atomic mass is 10.2. The van der Waals surface area contributed by atoms with Crippen molar-refractivity contribution in [3.63, 3.8) is 0 Å². The number of carbonyl (C=O) groups is 1. The number of tetrazole rings is 1. The molecule has 0 fully saturated rings. The highest BCUT2D eigenvalue weighted by Gasteiger charge is 2.14. The number of benzene rings is 2. The lowest BCUT2D eigenvalue weighted by Crippen LogP contribution is -2.30. The van der Waals surface area contributed by atoms with Crippen LogP contribution in [0, 0.1) is 0 Å². The average Bonchev–Trinajstić information content (AvgIpc) is 3.16. The van der Waals surface area contributed by atoms with Crippen LogP contribution in [-0.4, -0.2) is 38.4 Å². The fraction of sp³-hybridized carbons (Fsp3) is 0.263. The van der Waals surface area contributed by atoms with Gasteiger partial charge in [0, 0.05) is 24.4 Å². The topological polar surface area (TPSA) is 63.9 Å². The smallest absolute Gasteiger partial charge is 0.227 e. The van der Waals surface area contributed by atoms with Gasteiger partial charge in [-0.1, -0.05) is 36.4 Å². The number of anilines is 1. The highest BCUT2D eigenvalue weighted by molar-refractivity contribution is 7.98. The molecule has 6 nitrogen and oxygen atoms in total. The number of rotatable bonds is 8. The first-order valence-electron chi connectivity index (χ1n) is 8.55. The summed E-state index contributed by atoms with van der Waals surface area (Å²) in [5.41, 5.74) is 1.88. The molecule has 0 aliphatic rings. The Bertz CT molecular complexity index is 822. The summed E-state index contributed by atoms with van der Waals surface area (Å²) in [5.74, 6) is 2.30. The quantitative estimate of drug-likeness (QED) is 0.571. The van der Waals surface area contributed by atoms with E-state index in [-0.39, 0.29) is 5.91 Å². The molecule has 1 heterocycles. The average molecular weight is 367 g/mol. The highest BCUT2D eigenvalue weighted by atomic mass is 32.2. The van der Waals surface area contributed by atoms with Crippen LogP contribution in [0.25, 0.3) is 5.69 Å². The van der Waals surface area contributed by atoms with Gasteiger partial charge < -0.3 is 4.90 Å². The third kappa shape index (κ3) is 4.49. The van der Waals surface area contributed by atoms with Crippen molar-refractivity contribution in [3.8, 4) is 5.69 Å². The van der Waals surface area contributed by atoms with Crippen LogP contribution in [0.15, 0.2) is 60.7 Å². The molecule has 0 spiro atoms. The predicted octanol–water partition coefficient (Wildman–Crippen LogP) is 3.34. The number of hydrogen-bond donors (Lipinski definition) is 0. The molecule has 0 saturated carbocycles. The molecule has 26 heavy (non-hydrogen) atoms. The van der Waals surface area contributed by atoms with E-state index in [1.807, 2.05) is 72.5 Å². The van der Waals surface area contributed by atoms with E-state index in [4.69, 9.17) is 0 Å². The number of amides is 1. The maximum absolute atomic E-state index is 12.5. The summed E-state index contributed by atoms with van der Waals surface area (Å²) in [6, 6.07) is 19.6. The summed E-state index contributed by atoms with van der Waals surface area (Å²) in [7, 11) is 0. The summed E-state index contributed by atoms with van der Waals surface area (Å²) < 4.78 is 1.73. The maximum Gasteiger partial charge on any atom is 0.227 e. The Morgan fingerprint density at radius 2 is 1.77 bits per heavy atom. The molecule has 7 heteroatoms. The summed E-state index contributed by atoms with van der Waals surface area (Å²) in [5, 5.41) is 11.9. The number of nitrogens with zero attached hydrogens (tertiary/aromatic N) is 5. The van der Waals surface area contributed by atoms with Gasteiger partial charge in [0.1, 0.15) is 0 Å². The molecule has 3 aromatic rings. The fourth-order valence-corrected chi connectivity index (χ4v) is 3.46. The van der Waals surface area contributed by atoms with Gasteiger partial charge in [-0.3, -0.25) is 4.79 Å². The molecule has 0 atom stereocenters. The van der Waals surface area contributed by atoms with E-state index in [1.165, 1.54) is 0 Å². The van der Waals surface area contributed by atoms with Gasteiger partial charge in [-0.05, 0) is 41.6 Å². The molecule has 1 amide bonds. The third-order valence-electron chi connectivity index (χ3n) is 3.91. The van der Waals surface area contributed by atoms with Crippen molar-refractivity contribution in [2.24, 2.45) is 0 Å². The van der Waals surface area contributed by atoms with Crippen molar-refractivity contribution in [1.82, 2.24) is 20.2 Å². The van der Waals surface area contributed by atoms with Crippen LogP contribution in [0.4, 0.5) is 5.69 Å². The molecule has 2 aromatic carbocycles. The zero-order valence-corrected chi connectivity index (χ0v) is 15.5. The maximum atomic E-state index is 12.5. The summed E-state index contributed by atoms with van der Waals surface area (Å²) in [6.07, 6.45) is 0.486. The van der Waals surface area contributed by atoms with E-state index in [9.17, 15) is 4.79 Å². The number of para-hydroxylation sites is 2. The first-order chi connectivity index (χ1) is 12.8. The van der Waals surface area contributed by atoms with Crippen LogP contribution >= 0.6 is 11.8 Å². The lowest BCUT2D eigenvalue weighted by molar-refractivity contribution is -0.118. The second-order valence-electron chi connectivity index (χ2n) is 5.62. The molecule has 0 unspecified atom stereocenters. The van der Waals surface area contributed by atoms with Crippen molar-refractivity contribution in [3.05, 3.63) is 66.5 Å². The first kappa shape index (κ1) is 18.1. The summed E-state index contributed by atoms with van der Waals surface area (Å²) >= 11 is 1.66. The SMILES string of the molecule is CCN(C(=O)CCSCc1nnnn1-c1ccccc1)c1ccccc1. The van der Waals surface area contributed by atoms with E-state index >= 15 is 0 Å². The van der Waals surface area contributed by atoms with Gasteiger partial charge in [0.05, 0.1) is 11.4 Å². The van der Waals surface area contributed by atoms with E-state index in [1.54, 1.807) is 16.4 Å². The molecule has 134 valence electrons. The highest BCUT2D eigenvalue weighted by Crippen LogP contribution is 2.17. The first-order valence-corrected chi connectivity index (χ1v) is 9.71. The molecule has 0 saturated heterocycles. The summed E-state index contributed by atoms with van der Waals surface area (Å²) in [4.78, 5) is 14.3. The van der Waals surface area contributed by atoms with Crippen molar-refractivity contribution < 1.29 is 4.79 Å². The third-order valence-corrected chi connectivity index (χ3v) is 4.87. The zero-order chi connectivity index (χ0) is 18.2. The molecule has 3 rings (SSSR count). The molecule has 0 N–H and O–H groups in total. The number of thioether (sulfide) groups is 1. The second kappa shape index (κ2) is 9.15. The van der Waals surface area contributed by atoms with E-state index in [0.29, 0.717) is 18.7 Å².